The molecule has 162 valence electrons. The van der Waals surface area contributed by atoms with Gasteiger partial charge >= 0.3 is 5.97 Å². The molecule has 4 atom stereocenters. The molecule has 2 aromatic rings. The highest BCUT2D eigenvalue weighted by molar-refractivity contribution is 6.24. The number of aryl methyl sites for hydroxylation is 1. The second kappa shape index (κ2) is 7.36. The van der Waals surface area contributed by atoms with Crippen molar-refractivity contribution in [3.63, 3.8) is 0 Å². The summed E-state index contributed by atoms with van der Waals surface area (Å²) in [7, 11) is 1.36. The highest BCUT2D eigenvalue weighted by Gasteiger charge is 2.69. The van der Waals surface area contributed by atoms with Gasteiger partial charge in [0.25, 0.3) is 0 Å². The normalized spacial score (nSPS) is 27.5. The van der Waals surface area contributed by atoms with E-state index in [0.717, 1.165) is 4.90 Å². The first kappa shape index (κ1) is 20.8. The summed E-state index contributed by atoms with van der Waals surface area (Å²) in [6.07, 6.45) is 0. The zero-order chi connectivity index (χ0) is 22.5. The number of fused-ring (bicyclic) bond motifs is 1. The van der Waals surface area contributed by atoms with Crippen LogP contribution in [0.1, 0.15) is 17.2 Å². The Morgan fingerprint density at radius 3 is 2.48 bits per heavy atom. The van der Waals surface area contributed by atoms with Crippen LogP contribution in [0.15, 0.2) is 42.5 Å². The summed E-state index contributed by atoms with van der Waals surface area (Å²) < 4.78 is 5.13. The molecule has 2 aliphatic heterocycles. The Morgan fingerprint density at radius 2 is 1.87 bits per heavy atom. The third-order valence-corrected chi connectivity index (χ3v) is 6.23. The number of phenols is 1. The van der Waals surface area contributed by atoms with E-state index in [4.69, 9.17) is 4.74 Å². The topological polar surface area (TPSA) is 136 Å². The average molecular weight is 426 g/mol. The van der Waals surface area contributed by atoms with Gasteiger partial charge in [0, 0.05) is 11.6 Å². The number of carbonyl (C=O) groups excluding carboxylic acids is 2. The Morgan fingerprint density at radius 1 is 1.16 bits per heavy atom. The van der Waals surface area contributed by atoms with Gasteiger partial charge in [0.2, 0.25) is 11.8 Å². The number of aliphatic carboxylic acids is 1. The Balaban J connectivity index is 1.90. The fourth-order valence-electron chi connectivity index (χ4n) is 4.69. The second-order valence-corrected chi connectivity index (χ2v) is 7.76. The number of aliphatic hydroxyl groups excluding tert-OH is 1. The predicted molar refractivity (Wildman–Crippen MR) is 109 cm³/mol. The number of rotatable bonds is 5. The molecule has 4 rings (SSSR count). The van der Waals surface area contributed by atoms with Gasteiger partial charge in [0.1, 0.15) is 0 Å². The van der Waals surface area contributed by atoms with Gasteiger partial charge < -0.3 is 20.1 Å². The highest BCUT2D eigenvalue weighted by Crippen LogP contribution is 2.52. The number of carbonyl (C=O) groups is 3. The molecule has 0 aliphatic carbocycles. The maximum absolute atomic E-state index is 13.5. The number of benzene rings is 2. The number of nitrogens with one attached hydrogen (secondary N) is 1. The number of phenolic OH excluding ortho intramolecular Hbond substituents is 1. The molecule has 2 aromatic carbocycles. The van der Waals surface area contributed by atoms with Gasteiger partial charge in [-0.05, 0) is 24.6 Å². The standard InChI is InChI=1S/C22H22N2O7/c1-11-6-3-4-8-13(11)24-19(27)15-16(20(24)28)22(10-25,21(29)30)23-17(15)12-7-5-9-14(31-2)18(12)26/h3-9,15-17,23,25-26H,10H2,1-2H3,(H,29,30). The van der Waals surface area contributed by atoms with Crippen LogP contribution in [-0.4, -0.2) is 52.4 Å². The van der Waals surface area contributed by atoms with Crippen molar-refractivity contribution in [1.82, 2.24) is 5.32 Å². The molecule has 4 unspecified atom stereocenters. The van der Waals surface area contributed by atoms with Crippen molar-refractivity contribution in [2.75, 3.05) is 18.6 Å². The number of anilines is 1. The summed E-state index contributed by atoms with van der Waals surface area (Å²) in [5, 5.41) is 33.5. The number of nitrogens with zero attached hydrogens (tertiary/aromatic N) is 1. The van der Waals surface area contributed by atoms with Crippen molar-refractivity contribution in [2.45, 2.75) is 18.5 Å². The molecule has 0 saturated carbocycles. The minimum atomic E-state index is -2.09. The van der Waals surface area contributed by atoms with Crippen molar-refractivity contribution in [3.8, 4) is 11.5 Å². The third-order valence-electron chi connectivity index (χ3n) is 6.23. The maximum atomic E-state index is 13.5. The third kappa shape index (κ3) is 2.81. The van der Waals surface area contributed by atoms with Crippen LogP contribution in [0.4, 0.5) is 5.69 Å². The van der Waals surface area contributed by atoms with Gasteiger partial charge in [0.05, 0.1) is 31.2 Å². The van der Waals surface area contributed by atoms with E-state index in [2.05, 4.69) is 5.32 Å². The molecular weight excluding hydrogens is 404 g/mol. The van der Waals surface area contributed by atoms with E-state index >= 15 is 0 Å². The first-order chi connectivity index (χ1) is 14.8. The molecule has 2 aliphatic rings. The van der Waals surface area contributed by atoms with Gasteiger partial charge in [-0.25, -0.2) is 4.90 Å². The second-order valence-electron chi connectivity index (χ2n) is 7.76. The summed E-state index contributed by atoms with van der Waals surface area (Å²) in [6.45, 7) is 0.829. The quantitative estimate of drug-likeness (QED) is 0.520. The van der Waals surface area contributed by atoms with Crippen LogP contribution >= 0.6 is 0 Å². The Bertz CT molecular complexity index is 1090. The number of aromatic hydroxyl groups is 1. The van der Waals surface area contributed by atoms with Gasteiger partial charge in [-0.2, -0.15) is 0 Å². The van der Waals surface area contributed by atoms with E-state index in [-0.39, 0.29) is 17.1 Å². The van der Waals surface area contributed by atoms with Crippen molar-refractivity contribution < 1.29 is 34.4 Å². The molecule has 4 N–H and O–H groups in total. The fourth-order valence-corrected chi connectivity index (χ4v) is 4.69. The average Bonchev–Trinajstić information content (AvgIpc) is 3.23. The minimum Gasteiger partial charge on any atom is -0.504 e. The van der Waals surface area contributed by atoms with E-state index < -0.39 is 47.8 Å². The monoisotopic (exact) mass is 426 g/mol. The largest absolute Gasteiger partial charge is 0.504 e. The van der Waals surface area contributed by atoms with E-state index in [0.29, 0.717) is 11.3 Å². The molecule has 9 nitrogen and oxygen atoms in total. The van der Waals surface area contributed by atoms with Crippen molar-refractivity contribution >= 4 is 23.5 Å². The van der Waals surface area contributed by atoms with Crippen LogP contribution in [0.25, 0.3) is 0 Å². The van der Waals surface area contributed by atoms with Crippen molar-refractivity contribution in [1.29, 1.82) is 0 Å². The van der Waals surface area contributed by atoms with Crippen LogP contribution in [0.3, 0.4) is 0 Å². The van der Waals surface area contributed by atoms with Gasteiger partial charge in [-0.15, -0.1) is 0 Å². The lowest BCUT2D eigenvalue weighted by Gasteiger charge is -2.29. The number of carboxylic acids is 1. The van der Waals surface area contributed by atoms with E-state index in [1.807, 2.05) is 0 Å². The van der Waals surface area contributed by atoms with E-state index in [1.54, 1.807) is 37.3 Å². The Kier molecular flexibility index (Phi) is 4.95. The SMILES string of the molecule is COc1cccc(C2NC(CO)(C(=O)O)C3C(=O)N(c4ccccc4C)C(=O)C23)c1O. The minimum absolute atomic E-state index is 0.139. The smallest absolute Gasteiger partial charge is 0.327 e. The van der Waals surface area contributed by atoms with E-state index in [9.17, 15) is 29.7 Å². The number of para-hydroxylation sites is 2. The summed E-state index contributed by atoms with van der Waals surface area (Å²) in [4.78, 5) is 40.2. The lowest BCUT2D eigenvalue weighted by atomic mass is 9.79. The molecule has 2 amide bonds. The molecule has 0 spiro atoms. The fraction of sp³-hybridized carbons (Fsp3) is 0.318. The summed E-state index contributed by atoms with van der Waals surface area (Å²) >= 11 is 0. The number of carboxylic acid groups (broad SMARTS) is 1. The van der Waals surface area contributed by atoms with Gasteiger partial charge in [-0.3, -0.25) is 19.7 Å². The molecule has 0 radical (unpaired) electrons. The summed E-state index contributed by atoms with van der Waals surface area (Å²) in [5.41, 5.74) is -0.853. The predicted octanol–water partition coefficient (Wildman–Crippen LogP) is 0.975. The number of amides is 2. The number of imide groups is 1. The molecule has 2 saturated heterocycles. The zero-order valence-corrected chi connectivity index (χ0v) is 16.9. The van der Waals surface area contributed by atoms with Gasteiger partial charge in [0.15, 0.2) is 17.0 Å². The molecule has 0 aromatic heterocycles. The first-order valence-corrected chi connectivity index (χ1v) is 9.69. The Hall–Kier alpha value is -3.43. The van der Waals surface area contributed by atoms with E-state index in [1.165, 1.54) is 19.2 Å². The van der Waals surface area contributed by atoms with Crippen LogP contribution in [0.5, 0.6) is 11.5 Å². The number of hydrogen-bond donors (Lipinski definition) is 4. The number of ether oxygens (including phenoxy) is 1. The van der Waals surface area contributed by atoms with Crippen LogP contribution in [0, 0.1) is 18.8 Å². The van der Waals surface area contributed by atoms with Crippen molar-refractivity contribution in [3.05, 3.63) is 53.6 Å². The summed E-state index contributed by atoms with van der Waals surface area (Å²) in [6, 6.07) is 10.4. The maximum Gasteiger partial charge on any atom is 0.327 e. The lowest BCUT2D eigenvalue weighted by molar-refractivity contribution is -0.150. The lowest BCUT2D eigenvalue weighted by Crippen LogP contribution is -2.58. The zero-order valence-electron chi connectivity index (χ0n) is 16.9. The number of aliphatic hydroxyl groups is 1. The molecular formula is C22H22N2O7. The molecule has 31 heavy (non-hydrogen) atoms. The molecule has 0 bridgehead atoms. The summed E-state index contributed by atoms with van der Waals surface area (Å²) in [5.74, 6) is -5.40. The highest BCUT2D eigenvalue weighted by atomic mass is 16.5. The molecule has 9 heteroatoms. The molecule has 2 fully saturated rings. The van der Waals surface area contributed by atoms with Crippen molar-refractivity contribution in [2.24, 2.45) is 11.8 Å². The molecule has 2 heterocycles. The van der Waals surface area contributed by atoms with Crippen LogP contribution in [-0.2, 0) is 14.4 Å². The number of hydrogen-bond acceptors (Lipinski definition) is 7. The first-order valence-electron chi connectivity index (χ1n) is 9.69. The Labute approximate surface area is 177 Å². The van der Waals surface area contributed by atoms with Gasteiger partial charge in [-0.1, -0.05) is 30.3 Å². The van der Waals surface area contributed by atoms with Crippen LogP contribution < -0.4 is 15.0 Å². The number of methoxy groups -OCH3 is 1. The van der Waals surface area contributed by atoms with Crippen LogP contribution in [0.2, 0.25) is 0 Å².